The summed E-state index contributed by atoms with van der Waals surface area (Å²) in [5, 5.41) is 6.64. The van der Waals surface area contributed by atoms with E-state index >= 15 is 0 Å². The van der Waals surface area contributed by atoms with Crippen LogP contribution in [-0.4, -0.2) is 45.6 Å². The van der Waals surface area contributed by atoms with Crippen molar-refractivity contribution >= 4 is 17.7 Å². The Morgan fingerprint density at radius 3 is 2.73 bits per heavy atom. The van der Waals surface area contributed by atoms with Crippen molar-refractivity contribution in [3.63, 3.8) is 0 Å². The first-order valence-corrected chi connectivity index (χ1v) is 10.5. The van der Waals surface area contributed by atoms with Gasteiger partial charge in [-0.1, -0.05) is 12.1 Å². The van der Waals surface area contributed by atoms with Crippen LogP contribution in [0.4, 0.5) is 4.39 Å². The quantitative estimate of drug-likeness (QED) is 0.620. The molecule has 3 heterocycles. The van der Waals surface area contributed by atoms with E-state index in [1.54, 1.807) is 42.2 Å². The molecule has 2 aliphatic heterocycles. The van der Waals surface area contributed by atoms with Gasteiger partial charge >= 0.3 is 0 Å². The number of aromatic nitrogens is 2. The lowest BCUT2D eigenvalue weighted by molar-refractivity contribution is -0.136. The van der Waals surface area contributed by atoms with Crippen LogP contribution in [0.15, 0.2) is 42.6 Å². The van der Waals surface area contributed by atoms with Crippen molar-refractivity contribution in [3.8, 4) is 28.1 Å². The maximum absolute atomic E-state index is 14.8. The first-order chi connectivity index (χ1) is 15.9. The molecule has 168 valence electrons. The first-order valence-electron chi connectivity index (χ1n) is 10.5. The number of halogens is 1. The Bertz CT molecular complexity index is 1320. The number of nitrogens with one attached hydrogen (secondary N) is 1. The van der Waals surface area contributed by atoms with Gasteiger partial charge in [-0.05, 0) is 41.8 Å². The molecule has 0 radical (unpaired) electrons. The average Bonchev–Trinajstić information content (AvgIpc) is 3.33. The lowest BCUT2D eigenvalue weighted by atomic mass is 9.97. The van der Waals surface area contributed by atoms with Crippen LogP contribution in [0.5, 0.6) is 5.75 Å². The monoisotopic (exact) mass is 448 g/mol. The lowest BCUT2D eigenvalue weighted by Crippen LogP contribution is -2.52. The van der Waals surface area contributed by atoms with Gasteiger partial charge in [-0.2, -0.15) is 5.10 Å². The van der Waals surface area contributed by atoms with Crippen LogP contribution < -0.4 is 10.1 Å². The summed E-state index contributed by atoms with van der Waals surface area (Å²) < 4.78 is 21.8. The summed E-state index contributed by atoms with van der Waals surface area (Å²) >= 11 is 0. The van der Waals surface area contributed by atoms with E-state index in [9.17, 15) is 18.8 Å². The lowest BCUT2D eigenvalue weighted by Gasteiger charge is -2.29. The molecule has 2 aliphatic rings. The Labute approximate surface area is 188 Å². The minimum Gasteiger partial charge on any atom is -0.496 e. The highest BCUT2D eigenvalue weighted by atomic mass is 19.1. The van der Waals surface area contributed by atoms with Crippen molar-refractivity contribution in [2.45, 2.75) is 25.4 Å². The van der Waals surface area contributed by atoms with Gasteiger partial charge in [0.05, 0.1) is 24.6 Å². The number of ether oxygens (including phenoxy) is 1. The predicted octanol–water partition coefficient (Wildman–Crippen LogP) is 2.66. The number of hydrogen-bond acceptors (Lipinski definition) is 5. The normalized spacial score (nSPS) is 17.8. The maximum Gasteiger partial charge on any atom is 0.255 e. The van der Waals surface area contributed by atoms with Crippen molar-refractivity contribution < 1.29 is 23.5 Å². The number of aryl methyl sites for hydroxylation is 1. The fourth-order valence-electron chi connectivity index (χ4n) is 4.59. The molecular weight excluding hydrogens is 427 g/mol. The summed E-state index contributed by atoms with van der Waals surface area (Å²) in [6.45, 7) is 0.257. The molecule has 3 amide bonds. The van der Waals surface area contributed by atoms with Crippen LogP contribution in [0.25, 0.3) is 22.4 Å². The van der Waals surface area contributed by atoms with Gasteiger partial charge in [-0.3, -0.25) is 24.4 Å². The number of piperidine rings is 1. The standard InChI is InChI=1S/C24H21FN4O4/c1-28-22(21-17(25)4-3-5-19(21)33-2)16(11-26-28)13-6-7-15-14(10-13)12-29(24(15)32)18-8-9-20(30)27-23(18)31/h3-7,10-11,18H,8-9,12H2,1-2H3,(H,27,30,31). The molecular formula is C24H21FN4O4. The van der Waals surface area contributed by atoms with E-state index in [0.29, 0.717) is 34.6 Å². The number of amides is 3. The van der Waals surface area contributed by atoms with E-state index in [2.05, 4.69) is 10.4 Å². The van der Waals surface area contributed by atoms with Crippen LogP contribution in [0.1, 0.15) is 28.8 Å². The van der Waals surface area contributed by atoms with E-state index in [0.717, 1.165) is 11.1 Å². The predicted molar refractivity (Wildman–Crippen MR) is 117 cm³/mol. The molecule has 0 spiro atoms. The van der Waals surface area contributed by atoms with Crippen molar-refractivity contribution in [3.05, 3.63) is 59.5 Å². The Kier molecular flexibility index (Phi) is 4.96. The molecule has 1 aromatic heterocycles. The van der Waals surface area contributed by atoms with Crippen LogP contribution in [0.3, 0.4) is 0 Å². The van der Waals surface area contributed by atoms with Gasteiger partial charge in [0, 0.05) is 31.1 Å². The number of imide groups is 1. The molecule has 8 nitrogen and oxygen atoms in total. The first kappa shape index (κ1) is 20.9. The van der Waals surface area contributed by atoms with Crippen molar-refractivity contribution in [1.82, 2.24) is 20.0 Å². The zero-order chi connectivity index (χ0) is 23.3. The van der Waals surface area contributed by atoms with Gasteiger partial charge in [-0.25, -0.2) is 4.39 Å². The second kappa shape index (κ2) is 7.84. The molecule has 0 bridgehead atoms. The third-order valence-electron chi connectivity index (χ3n) is 6.21. The van der Waals surface area contributed by atoms with E-state index in [-0.39, 0.29) is 24.8 Å². The second-order valence-electron chi connectivity index (χ2n) is 8.12. The molecule has 33 heavy (non-hydrogen) atoms. The van der Waals surface area contributed by atoms with Gasteiger partial charge in [-0.15, -0.1) is 0 Å². The highest BCUT2D eigenvalue weighted by Crippen LogP contribution is 2.40. The van der Waals surface area contributed by atoms with Crippen molar-refractivity contribution in [1.29, 1.82) is 0 Å². The minimum atomic E-state index is -0.678. The summed E-state index contributed by atoms with van der Waals surface area (Å²) in [5.74, 6) is -1.06. The van der Waals surface area contributed by atoms with Gasteiger partial charge in [0.25, 0.3) is 5.91 Å². The van der Waals surface area contributed by atoms with Gasteiger partial charge in [0.1, 0.15) is 17.6 Å². The molecule has 1 atom stereocenters. The number of carbonyl (C=O) groups is 3. The number of hydrogen-bond donors (Lipinski definition) is 1. The highest BCUT2D eigenvalue weighted by Gasteiger charge is 2.39. The average molecular weight is 448 g/mol. The number of carbonyl (C=O) groups excluding carboxylic acids is 3. The van der Waals surface area contributed by atoms with E-state index in [4.69, 9.17) is 4.74 Å². The number of methoxy groups -OCH3 is 1. The van der Waals surface area contributed by atoms with Crippen molar-refractivity contribution in [2.75, 3.05) is 7.11 Å². The fourth-order valence-corrected chi connectivity index (χ4v) is 4.59. The molecule has 9 heteroatoms. The SMILES string of the molecule is COc1cccc(F)c1-c1c(-c2ccc3c(c2)CN(C2CCC(=O)NC2=O)C3=O)cnn1C. The Hall–Kier alpha value is -4.01. The third-order valence-corrected chi connectivity index (χ3v) is 6.21. The topological polar surface area (TPSA) is 93.5 Å². The summed E-state index contributed by atoms with van der Waals surface area (Å²) in [5.41, 5.74) is 3.58. The van der Waals surface area contributed by atoms with Crippen LogP contribution in [0.2, 0.25) is 0 Å². The summed E-state index contributed by atoms with van der Waals surface area (Å²) in [4.78, 5) is 38.2. The minimum absolute atomic E-state index is 0.200. The fraction of sp³-hybridized carbons (Fsp3) is 0.250. The molecule has 1 fully saturated rings. The molecule has 2 aromatic carbocycles. The van der Waals surface area contributed by atoms with Crippen LogP contribution in [0, 0.1) is 5.82 Å². The van der Waals surface area contributed by atoms with Crippen LogP contribution in [-0.2, 0) is 23.2 Å². The second-order valence-corrected chi connectivity index (χ2v) is 8.12. The summed E-state index contributed by atoms with van der Waals surface area (Å²) in [7, 11) is 3.21. The van der Waals surface area contributed by atoms with E-state index < -0.39 is 17.8 Å². The Morgan fingerprint density at radius 2 is 1.97 bits per heavy atom. The number of fused-ring (bicyclic) bond motifs is 1. The Balaban J connectivity index is 1.53. The Morgan fingerprint density at radius 1 is 1.15 bits per heavy atom. The molecule has 1 saturated heterocycles. The van der Waals surface area contributed by atoms with E-state index in [1.807, 2.05) is 6.07 Å². The summed E-state index contributed by atoms with van der Waals surface area (Å²) in [6.07, 6.45) is 2.15. The number of benzene rings is 2. The zero-order valence-electron chi connectivity index (χ0n) is 18.1. The van der Waals surface area contributed by atoms with Gasteiger partial charge in [0.15, 0.2) is 0 Å². The van der Waals surface area contributed by atoms with Crippen molar-refractivity contribution in [2.24, 2.45) is 7.05 Å². The molecule has 0 aliphatic carbocycles. The highest BCUT2D eigenvalue weighted by molar-refractivity contribution is 6.05. The molecule has 1 unspecified atom stereocenters. The van der Waals surface area contributed by atoms with Gasteiger partial charge < -0.3 is 9.64 Å². The smallest absolute Gasteiger partial charge is 0.255 e. The number of nitrogens with zero attached hydrogens (tertiary/aromatic N) is 3. The maximum atomic E-state index is 14.8. The van der Waals surface area contributed by atoms with E-state index in [1.165, 1.54) is 18.1 Å². The molecule has 0 saturated carbocycles. The zero-order valence-corrected chi connectivity index (χ0v) is 18.1. The number of rotatable bonds is 4. The third kappa shape index (κ3) is 3.36. The largest absolute Gasteiger partial charge is 0.496 e. The molecule has 1 N–H and O–H groups in total. The summed E-state index contributed by atoms with van der Waals surface area (Å²) in [6, 6.07) is 9.34. The molecule has 5 rings (SSSR count). The van der Waals surface area contributed by atoms with Gasteiger partial charge in [0.2, 0.25) is 11.8 Å². The molecule has 3 aromatic rings. The van der Waals surface area contributed by atoms with Crippen LogP contribution >= 0.6 is 0 Å².